The fourth-order valence-corrected chi connectivity index (χ4v) is 3.80. The van der Waals surface area contributed by atoms with Crippen LogP contribution in [0, 0.1) is 5.82 Å². The van der Waals surface area contributed by atoms with Crippen LogP contribution in [-0.2, 0) is 14.6 Å². The second-order valence-corrected chi connectivity index (χ2v) is 8.08. The van der Waals surface area contributed by atoms with Gasteiger partial charge in [-0.25, -0.2) is 17.8 Å². The Morgan fingerprint density at radius 3 is 2.58 bits per heavy atom. The molecule has 0 fully saturated rings. The normalized spacial score (nSPS) is 12.9. The molecule has 0 saturated heterocycles. The van der Waals surface area contributed by atoms with Crippen LogP contribution in [0.4, 0.5) is 4.39 Å². The minimum absolute atomic E-state index is 0.0971. The molecule has 26 heavy (non-hydrogen) atoms. The highest BCUT2D eigenvalue weighted by molar-refractivity contribution is 7.90. The quantitative estimate of drug-likeness (QED) is 0.760. The molecule has 0 spiro atoms. The van der Waals surface area contributed by atoms with Crippen molar-refractivity contribution in [3.05, 3.63) is 54.1 Å². The Labute approximate surface area is 150 Å². The standard InChI is InChI=1S/C18H18FN3O3S/c1-11(20-12(2)23)18-21-14-9-8-13(19)10-16(14)22(18)15-6-4-5-7-17(15)26(3,24)25/h4-11H,1-3H3,(H,20,23). The van der Waals surface area contributed by atoms with Crippen molar-refractivity contribution in [2.75, 3.05) is 6.26 Å². The van der Waals surface area contributed by atoms with Crippen LogP contribution in [0.15, 0.2) is 47.4 Å². The lowest BCUT2D eigenvalue weighted by Gasteiger charge is -2.17. The number of rotatable bonds is 4. The van der Waals surface area contributed by atoms with E-state index in [2.05, 4.69) is 10.3 Å². The van der Waals surface area contributed by atoms with E-state index in [-0.39, 0.29) is 10.8 Å². The smallest absolute Gasteiger partial charge is 0.217 e. The third-order valence-corrected chi connectivity index (χ3v) is 5.10. The van der Waals surface area contributed by atoms with Crippen molar-refractivity contribution in [3.8, 4) is 5.69 Å². The highest BCUT2D eigenvalue weighted by atomic mass is 32.2. The van der Waals surface area contributed by atoms with Crippen molar-refractivity contribution in [1.29, 1.82) is 0 Å². The highest BCUT2D eigenvalue weighted by Gasteiger charge is 2.23. The molecule has 8 heteroatoms. The lowest BCUT2D eigenvalue weighted by Crippen LogP contribution is -2.26. The van der Waals surface area contributed by atoms with Crippen molar-refractivity contribution in [2.45, 2.75) is 24.8 Å². The first-order chi connectivity index (χ1) is 12.2. The second-order valence-electron chi connectivity index (χ2n) is 6.10. The van der Waals surface area contributed by atoms with E-state index >= 15 is 0 Å². The molecule has 3 rings (SSSR count). The van der Waals surface area contributed by atoms with Crippen LogP contribution in [0.3, 0.4) is 0 Å². The molecule has 1 heterocycles. The molecule has 0 aliphatic rings. The van der Waals surface area contributed by atoms with Crippen LogP contribution in [0.5, 0.6) is 0 Å². The molecule has 1 amide bonds. The predicted octanol–water partition coefficient (Wildman–Crippen LogP) is 2.77. The molecular formula is C18H18FN3O3S. The van der Waals surface area contributed by atoms with Crippen molar-refractivity contribution < 1.29 is 17.6 Å². The molecule has 6 nitrogen and oxygen atoms in total. The highest BCUT2D eigenvalue weighted by Crippen LogP contribution is 2.29. The number of carbonyl (C=O) groups excluding carboxylic acids is 1. The molecule has 1 atom stereocenters. The van der Waals surface area contributed by atoms with Crippen LogP contribution >= 0.6 is 0 Å². The number of nitrogens with zero attached hydrogens (tertiary/aromatic N) is 2. The Hall–Kier alpha value is -2.74. The Bertz CT molecular complexity index is 1110. The molecule has 0 bridgehead atoms. The van der Waals surface area contributed by atoms with Gasteiger partial charge in [-0.1, -0.05) is 12.1 Å². The van der Waals surface area contributed by atoms with E-state index in [4.69, 9.17) is 0 Å². The number of aromatic nitrogens is 2. The molecule has 1 N–H and O–H groups in total. The topological polar surface area (TPSA) is 81.1 Å². The zero-order valence-electron chi connectivity index (χ0n) is 14.5. The average molecular weight is 375 g/mol. The largest absolute Gasteiger partial charge is 0.347 e. The summed E-state index contributed by atoms with van der Waals surface area (Å²) in [5, 5.41) is 2.74. The first-order valence-corrected chi connectivity index (χ1v) is 9.82. The van der Waals surface area contributed by atoms with Gasteiger partial charge >= 0.3 is 0 Å². The minimum atomic E-state index is -3.53. The summed E-state index contributed by atoms with van der Waals surface area (Å²) in [6, 6.07) is 10.0. The number of sulfone groups is 1. The zero-order valence-corrected chi connectivity index (χ0v) is 15.3. The predicted molar refractivity (Wildman–Crippen MR) is 96.4 cm³/mol. The molecule has 0 radical (unpaired) electrons. The van der Waals surface area contributed by atoms with Gasteiger partial charge in [-0.15, -0.1) is 0 Å². The monoisotopic (exact) mass is 375 g/mol. The van der Waals surface area contributed by atoms with E-state index in [9.17, 15) is 17.6 Å². The molecular weight excluding hydrogens is 357 g/mol. The van der Waals surface area contributed by atoms with Crippen molar-refractivity contribution in [1.82, 2.24) is 14.9 Å². The number of benzene rings is 2. The van der Waals surface area contributed by atoms with Gasteiger partial charge in [0.2, 0.25) is 5.91 Å². The van der Waals surface area contributed by atoms with Crippen LogP contribution < -0.4 is 5.32 Å². The maximum Gasteiger partial charge on any atom is 0.217 e. The van der Waals surface area contributed by atoms with E-state index in [1.165, 1.54) is 31.2 Å². The number of fused-ring (bicyclic) bond motifs is 1. The number of hydrogen-bond acceptors (Lipinski definition) is 4. The van der Waals surface area contributed by atoms with Gasteiger partial charge in [-0.05, 0) is 31.2 Å². The van der Waals surface area contributed by atoms with Gasteiger partial charge in [0.1, 0.15) is 11.6 Å². The summed E-state index contributed by atoms with van der Waals surface area (Å²) < 4.78 is 39.9. The first kappa shape index (κ1) is 18.1. The number of para-hydroxylation sites is 1. The van der Waals surface area contributed by atoms with Gasteiger partial charge in [0, 0.05) is 19.2 Å². The third kappa shape index (κ3) is 3.32. The lowest BCUT2D eigenvalue weighted by molar-refractivity contribution is -0.119. The number of imidazole rings is 1. The van der Waals surface area contributed by atoms with E-state index in [0.717, 1.165) is 6.26 Å². The SMILES string of the molecule is CC(=O)NC(C)c1nc2ccc(F)cc2n1-c1ccccc1S(C)(=O)=O. The molecule has 136 valence electrons. The van der Waals surface area contributed by atoms with E-state index < -0.39 is 21.7 Å². The molecule has 1 aromatic heterocycles. The Morgan fingerprint density at radius 1 is 1.23 bits per heavy atom. The van der Waals surface area contributed by atoms with Crippen molar-refractivity contribution in [2.24, 2.45) is 0 Å². The lowest BCUT2D eigenvalue weighted by atomic mass is 10.2. The van der Waals surface area contributed by atoms with Gasteiger partial charge in [0.05, 0.1) is 27.7 Å². The number of carbonyl (C=O) groups is 1. The molecule has 0 aliphatic heterocycles. The fraction of sp³-hybridized carbons (Fsp3) is 0.222. The summed E-state index contributed by atoms with van der Waals surface area (Å²) in [4.78, 5) is 16.1. The van der Waals surface area contributed by atoms with Gasteiger partial charge in [-0.3, -0.25) is 9.36 Å². The van der Waals surface area contributed by atoms with Crippen LogP contribution in [-0.4, -0.2) is 30.1 Å². The Kier molecular flexibility index (Phi) is 4.53. The van der Waals surface area contributed by atoms with Crippen LogP contribution in [0.1, 0.15) is 25.7 Å². The van der Waals surface area contributed by atoms with Gasteiger partial charge in [0.15, 0.2) is 9.84 Å². The van der Waals surface area contributed by atoms with Crippen molar-refractivity contribution >= 4 is 26.8 Å². The second kappa shape index (κ2) is 6.53. The number of amides is 1. The minimum Gasteiger partial charge on any atom is -0.347 e. The summed E-state index contributed by atoms with van der Waals surface area (Å²) >= 11 is 0. The number of hydrogen-bond donors (Lipinski definition) is 1. The van der Waals surface area contributed by atoms with Crippen LogP contribution in [0.25, 0.3) is 16.7 Å². The summed E-state index contributed by atoms with van der Waals surface area (Å²) in [7, 11) is -3.53. The first-order valence-electron chi connectivity index (χ1n) is 7.93. The average Bonchev–Trinajstić information content (AvgIpc) is 2.92. The van der Waals surface area contributed by atoms with E-state index in [0.29, 0.717) is 22.5 Å². The Morgan fingerprint density at radius 2 is 1.92 bits per heavy atom. The summed E-state index contributed by atoms with van der Waals surface area (Å²) in [5.74, 6) is -0.301. The maximum atomic E-state index is 13.9. The fourth-order valence-electron chi connectivity index (χ4n) is 2.94. The molecule has 3 aromatic rings. The molecule has 2 aromatic carbocycles. The zero-order chi connectivity index (χ0) is 19.1. The summed E-state index contributed by atoms with van der Waals surface area (Å²) in [6.07, 6.45) is 1.11. The van der Waals surface area contributed by atoms with Gasteiger partial charge in [-0.2, -0.15) is 0 Å². The van der Waals surface area contributed by atoms with E-state index in [1.807, 2.05) is 0 Å². The summed E-state index contributed by atoms with van der Waals surface area (Å²) in [6.45, 7) is 3.12. The maximum absolute atomic E-state index is 13.9. The number of halogens is 1. The van der Waals surface area contributed by atoms with Crippen molar-refractivity contribution in [3.63, 3.8) is 0 Å². The number of nitrogens with one attached hydrogen (secondary N) is 1. The van der Waals surface area contributed by atoms with Crippen LogP contribution in [0.2, 0.25) is 0 Å². The summed E-state index contributed by atoms with van der Waals surface area (Å²) in [5.41, 5.74) is 1.28. The van der Waals surface area contributed by atoms with Gasteiger partial charge in [0.25, 0.3) is 0 Å². The third-order valence-electron chi connectivity index (χ3n) is 3.96. The van der Waals surface area contributed by atoms with E-state index in [1.54, 1.807) is 29.7 Å². The molecule has 0 saturated carbocycles. The molecule has 1 unspecified atom stereocenters. The Balaban J connectivity index is 2.38. The molecule has 0 aliphatic carbocycles. The van der Waals surface area contributed by atoms with Gasteiger partial charge < -0.3 is 5.32 Å².